The molecule has 0 unspecified atom stereocenters. The van der Waals surface area contributed by atoms with Crippen molar-refractivity contribution in [2.24, 2.45) is 0 Å². The Labute approximate surface area is 153 Å². The summed E-state index contributed by atoms with van der Waals surface area (Å²) in [4.78, 5) is 14.3. The van der Waals surface area contributed by atoms with Crippen molar-refractivity contribution in [2.75, 3.05) is 38.4 Å². The number of nitrogens with zero attached hydrogens (tertiary/aromatic N) is 1. The van der Waals surface area contributed by atoms with E-state index in [1.54, 1.807) is 12.0 Å². The lowest BCUT2D eigenvalue weighted by atomic mass is 10.1. The molecule has 1 amide bonds. The Bertz CT molecular complexity index is 875. The van der Waals surface area contributed by atoms with Crippen LogP contribution in [-0.2, 0) is 19.4 Å². The molecular formula is C19H23NO5S. The predicted molar refractivity (Wildman–Crippen MR) is 100 cm³/mol. The second-order valence-electron chi connectivity index (χ2n) is 6.40. The summed E-state index contributed by atoms with van der Waals surface area (Å²) in [7, 11) is -1.51. The van der Waals surface area contributed by atoms with Crippen molar-refractivity contribution in [3.63, 3.8) is 0 Å². The molecule has 0 N–H and O–H groups in total. The van der Waals surface area contributed by atoms with Crippen LogP contribution in [0.2, 0.25) is 0 Å². The van der Waals surface area contributed by atoms with Crippen LogP contribution >= 0.6 is 0 Å². The van der Waals surface area contributed by atoms with E-state index in [2.05, 4.69) is 0 Å². The zero-order valence-electron chi connectivity index (χ0n) is 14.8. The summed E-state index contributed by atoms with van der Waals surface area (Å²) in [6, 6.07) is 13.2. The standard InChI is InChI=1S/C19H23NO5S/c1-24-11-10-20(16-9-12-26(22,23)14-16)19(21)13-25-18-8-4-6-15-5-2-3-7-17(15)18/h2-8,16H,9-14H2,1H3/t16-/m0/s1. The second kappa shape index (κ2) is 8.05. The van der Waals surface area contributed by atoms with Gasteiger partial charge in [0.1, 0.15) is 5.75 Å². The largest absolute Gasteiger partial charge is 0.483 e. The van der Waals surface area contributed by atoms with Crippen LogP contribution in [0.4, 0.5) is 0 Å². The van der Waals surface area contributed by atoms with Crippen LogP contribution < -0.4 is 4.74 Å². The Morgan fingerprint density at radius 2 is 1.96 bits per heavy atom. The Morgan fingerprint density at radius 3 is 2.69 bits per heavy atom. The molecule has 2 aromatic carbocycles. The highest BCUT2D eigenvalue weighted by molar-refractivity contribution is 7.91. The fourth-order valence-corrected chi connectivity index (χ4v) is 5.00. The third kappa shape index (κ3) is 4.34. The number of rotatable bonds is 7. The molecule has 7 heteroatoms. The highest BCUT2D eigenvalue weighted by Crippen LogP contribution is 2.25. The zero-order valence-corrected chi connectivity index (χ0v) is 15.6. The van der Waals surface area contributed by atoms with Crippen molar-refractivity contribution >= 4 is 26.5 Å². The lowest BCUT2D eigenvalue weighted by Crippen LogP contribution is -2.45. The first-order chi connectivity index (χ1) is 12.5. The molecule has 140 valence electrons. The molecule has 0 aliphatic carbocycles. The van der Waals surface area contributed by atoms with Crippen LogP contribution in [-0.4, -0.2) is 63.6 Å². The van der Waals surface area contributed by atoms with Crippen LogP contribution in [0.3, 0.4) is 0 Å². The minimum absolute atomic E-state index is 0.0106. The maximum atomic E-state index is 12.7. The van der Waals surface area contributed by atoms with Gasteiger partial charge in [0, 0.05) is 25.1 Å². The molecular weight excluding hydrogens is 354 g/mol. The SMILES string of the molecule is COCCN(C(=O)COc1cccc2ccccc12)[C@H]1CCS(=O)(=O)C1. The highest BCUT2D eigenvalue weighted by atomic mass is 32.2. The van der Waals surface area contributed by atoms with Crippen molar-refractivity contribution < 1.29 is 22.7 Å². The first kappa shape index (κ1) is 18.7. The molecule has 1 aliphatic rings. The molecule has 1 atom stereocenters. The van der Waals surface area contributed by atoms with Gasteiger partial charge in [-0.2, -0.15) is 0 Å². The van der Waals surface area contributed by atoms with Gasteiger partial charge in [-0.1, -0.05) is 36.4 Å². The van der Waals surface area contributed by atoms with Gasteiger partial charge in [-0.25, -0.2) is 8.42 Å². The summed E-state index contributed by atoms with van der Waals surface area (Å²) < 4.78 is 34.4. The van der Waals surface area contributed by atoms with Gasteiger partial charge in [0.25, 0.3) is 5.91 Å². The predicted octanol–water partition coefficient (Wildman–Crippen LogP) is 1.88. The van der Waals surface area contributed by atoms with Gasteiger partial charge in [-0.15, -0.1) is 0 Å². The van der Waals surface area contributed by atoms with Crippen molar-refractivity contribution in [1.29, 1.82) is 0 Å². The molecule has 0 spiro atoms. The number of methoxy groups -OCH3 is 1. The summed E-state index contributed by atoms with van der Waals surface area (Å²) in [5.74, 6) is 0.550. The first-order valence-electron chi connectivity index (χ1n) is 8.59. The number of hydrogen-bond acceptors (Lipinski definition) is 5. The minimum Gasteiger partial charge on any atom is -0.483 e. The molecule has 6 nitrogen and oxygen atoms in total. The third-order valence-electron chi connectivity index (χ3n) is 4.61. The second-order valence-corrected chi connectivity index (χ2v) is 8.63. The monoisotopic (exact) mass is 377 g/mol. The van der Waals surface area contributed by atoms with E-state index in [0.29, 0.717) is 25.3 Å². The van der Waals surface area contributed by atoms with E-state index in [-0.39, 0.29) is 30.1 Å². The van der Waals surface area contributed by atoms with Crippen molar-refractivity contribution in [1.82, 2.24) is 4.90 Å². The quantitative estimate of drug-likeness (QED) is 0.737. The van der Waals surface area contributed by atoms with E-state index in [0.717, 1.165) is 10.8 Å². The van der Waals surface area contributed by atoms with E-state index in [1.165, 1.54) is 0 Å². The molecule has 1 fully saturated rings. The molecule has 0 bridgehead atoms. The Morgan fingerprint density at radius 1 is 1.19 bits per heavy atom. The lowest BCUT2D eigenvalue weighted by molar-refractivity contribution is -0.135. The maximum Gasteiger partial charge on any atom is 0.260 e. The molecule has 1 heterocycles. The van der Waals surface area contributed by atoms with Gasteiger partial charge < -0.3 is 14.4 Å². The topological polar surface area (TPSA) is 72.9 Å². The number of carbonyl (C=O) groups excluding carboxylic acids is 1. The summed E-state index contributed by atoms with van der Waals surface area (Å²) in [6.45, 7) is 0.583. The maximum absolute atomic E-state index is 12.7. The number of ether oxygens (including phenoxy) is 2. The van der Waals surface area contributed by atoms with Gasteiger partial charge in [-0.3, -0.25) is 4.79 Å². The van der Waals surface area contributed by atoms with Crippen molar-refractivity contribution in [3.05, 3.63) is 42.5 Å². The van der Waals surface area contributed by atoms with E-state index < -0.39 is 9.84 Å². The first-order valence-corrected chi connectivity index (χ1v) is 10.4. The van der Waals surface area contributed by atoms with Gasteiger partial charge >= 0.3 is 0 Å². The molecule has 0 saturated carbocycles. The average Bonchev–Trinajstić information content (AvgIpc) is 2.99. The highest BCUT2D eigenvalue weighted by Gasteiger charge is 2.34. The molecule has 3 rings (SSSR count). The van der Waals surface area contributed by atoms with Crippen molar-refractivity contribution in [2.45, 2.75) is 12.5 Å². The zero-order chi connectivity index (χ0) is 18.6. The Kier molecular flexibility index (Phi) is 5.78. The van der Waals surface area contributed by atoms with Gasteiger partial charge in [0.15, 0.2) is 16.4 Å². The van der Waals surface area contributed by atoms with Crippen LogP contribution in [0.25, 0.3) is 10.8 Å². The van der Waals surface area contributed by atoms with E-state index in [1.807, 2.05) is 42.5 Å². The summed E-state index contributed by atoms with van der Waals surface area (Å²) in [5, 5.41) is 1.98. The number of carbonyl (C=O) groups is 1. The van der Waals surface area contributed by atoms with Gasteiger partial charge in [0.2, 0.25) is 0 Å². The number of sulfone groups is 1. The van der Waals surface area contributed by atoms with Crippen LogP contribution in [0.15, 0.2) is 42.5 Å². The Balaban J connectivity index is 1.71. The smallest absolute Gasteiger partial charge is 0.260 e. The molecule has 1 aliphatic heterocycles. The summed E-state index contributed by atoms with van der Waals surface area (Å²) in [5.41, 5.74) is 0. The lowest BCUT2D eigenvalue weighted by Gasteiger charge is -2.28. The minimum atomic E-state index is -3.07. The van der Waals surface area contributed by atoms with E-state index >= 15 is 0 Å². The van der Waals surface area contributed by atoms with Gasteiger partial charge in [-0.05, 0) is 17.9 Å². The fourth-order valence-electron chi connectivity index (χ4n) is 3.27. The molecule has 0 aromatic heterocycles. The molecule has 0 radical (unpaired) electrons. The average molecular weight is 377 g/mol. The molecule has 2 aromatic rings. The molecule has 26 heavy (non-hydrogen) atoms. The van der Waals surface area contributed by atoms with E-state index in [9.17, 15) is 13.2 Å². The van der Waals surface area contributed by atoms with Gasteiger partial charge in [0.05, 0.1) is 18.1 Å². The van der Waals surface area contributed by atoms with Crippen LogP contribution in [0.1, 0.15) is 6.42 Å². The third-order valence-corrected chi connectivity index (χ3v) is 6.36. The Hall–Kier alpha value is -2.12. The van der Waals surface area contributed by atoms with Crippen LogP contribution in [0, 0.1) is 0 Å². The normalized spacial score (nSPS) is 18.7. The summed E-state index contributed by atoms with van der Waals surface area (Å²) in [6.07, 6.45) is 0.464. The number of hydrogen-bond donors (Lipinski definition) is 0. The van der Waals surface area contributed by atoms with Crippen molar-refractivity contribution in [3.8, 4) is 5.75 Å². The van der Waals surface area contributed by atoms with Crippen LogP contribution in [0.5, 0.6) is 5.75 Å². The number of benzene rings is 2. The fraction of sp³-hybridized carbons (Fsp3) is 0.421. The molecule has 1 saturated heterocycles. The number of amides is 1. The number of fused-ring (bicyclic) bond motifs is 1. The summed E-state index contributed by atoms with van der Waals surface area (Å²) >= 11 is 0. The van der Waals surface area contributed by atoms with E-state index in [4.69, 9.17) is 9.47 Å².